The van der Waals surface area contributed by atoms with Crippen LogP contribution in [0.2, 0.25) is 0 Å². The summed E-state index contributed by atoms with van der Waals surface area (Å²) in [5, 5.41) is 11.6. The zero-order valence-electron chi connectivity index (χ0n) is 10.0. The third kappa shape index (κ3) is 4.30. The Morgan fingerprint density at radius 1 is 1.53 bits per heavy atom. The maximum atomic E-state index is 11.7. The minimum absolute atomic E-state index is 0.153. The minimum atomic E-state index is -0.839. The average Bonchev–Trinajstić information content (AvgIpc) is 2.74. The highest BCUT2D eigenvalue weighted by atomic mass is 32.2. The summed E-state index contributed by atoms with van der Waals surface area (Å²) in [6.07, 6.45) is 5.81. The molecule has 2 unspecified atom stereocenters. The first kappa shape index (κ1) is 13.9. The third-order valence-corrected chi connectivity index (χ3v) is 3.28. The van der Waals surface area contributed by atoms with Crippen LogP contribution in [0.25, 0.3) is 0 Å². The molecule has 5 nitrogen and oxygen atoms in total. The first-order valence-electron chi connectivity index (χ1n) is 5.46. The van der Waals surface area contributed by atoms with Crippen molar-refractivity contribution in [1.29, 1.82) is 0 Å². The van der Waals surface area contributed by atoms with Gasteiger partial charge in [0.2, 0.25) is 0 Å². The molecule has 1 aliphatic rings. The van der Waals surface area contributed by atoms with Crippen molar-refractivity contribution in [3.05, 3.63) is 12.2 Å². The smallest absolute Gasteiger partial charge is 0.317 e. The Morgan fingerprint density at radius 3 is 2.76 bits per heavy atom. The van der Waals surface area contributed by atoms with E-state index in [0.29, 0.717) is 13.0 Å². The zero-order valence-corrected chi connectivity index (χ0v) is 10.9. The number of carboxylic acid groups (broad SMARTS) is 1. The summed E-state index contributed by atoms with van der Waals surface area (Å²) in [7, 11) is 1.74. The van der Waals surface area contributed by atoms with Crippen LogP contribution >= 0.6 is 11.8 Å². The second-order valence-electron chi connectivity index (χ2n) is 4.04. The molecule has 2 N–H and O–H groups in total. The highest BCUT2D eigenvalue weighted by Crippen LogP contribution is 2.17. The maximum absolute atomic E-state index is 11.7. The van der Waals surface area contributed by atoms with Gasteiger partial charge in [0.25, 0.3) is 0 Å². The molecule has 2 amide bonds. The van der Waals surface area contributed by atoms with Crippen molar-refractivity contribution in [1.82, 2.24) is 10.2 Å². The Morgan fingerprint density at radius 2 is 2.24 bits per heavy atom. The number of hydrogen-bond donors (Lipinski definition) is 2. The van der Waals surface area contributed by atoms with Crippen molar-refractivity contribution in [3.8, 4) is 0 Å². The molecular formula is C11H18N2O3S. The average molecular weight is 258 g/mol. The first-order chi connectivity index (χ1) is 8.04. The van der Waals surface area contributed by atoms with E-state index in [9.17, 15) is 9.59 Å². The number of amides is 2. The lowest BCUT2D eigenvalue weighted by molar-refractivity contribution is -0.140. The number of thioether (sulfide) groups is 1. The van der Waals surface area contributed by atoms with Gasteiger partial charge in [0.15, 0.2) is 0 Å². The molecule has 1 aliphatic carbocycles. The molecule has 0 radical (unpaired) electrons. The number of nitrogens with one attached hydrogen (secondary N) is 1. The van der Waals surface area contributed by atoms with Crippen LogP contribution in [0, 0.1) is 5.92 Å². The summed E-state index contributed by atoms with van der Waals surface area (Å²) in [6, 6.07) is -0.319. The van der Waals surface area contributed by atoms with Gasteiger partial charge in [-0.3, -0.25) is 4.79 Å². The van der Waals surface area contributed by atoms with Crippen molar-refractivity contribution in [2.45, 2.75) is 12.5 Å². The number of aliphatic carboxylic acids is 1. The Kier molecular flexibility index (Phi) is 5.34. The molecule has 1 rings (SSSR count). The molecule has 17 heavy (non-hydrogen) atoms. The van der Waals surface area contributed by atoms with Gasteiger partial charge in [0.05, 0.1) is 12.0 Å². The lowest BCUT2D eigenvalue weighted by Crippen LogP contribution is -2.43. The van der Waals surface area contributed by atoms with Gasteiger partial charge in [-0.05, 0) is 12.7 Å². The number of carbonyl (C=O) groups excluding carboxylic acids is 1. The fraction of sp³-hybridized carbons (Fsp3) is 0.636. The SMILES string of the molecule is CSCCN(C)C(=O)NC1C=CC(C(=O)O)C1. The molecule has 0 saturated carbocycles. The molecule has 0 aromatic rings. The molecule has 0 aliphatic heterocycles. The van der Waals surface area contributed by atoms with E-state index in [1.807, 2.05) is 6.26 Å². The van der Waals surface area contributed by atoms with E-state index in [0.717, 1.165) is 5.75 Å². The highest BCUT2D eigenvalue weighted by Gasteiger charge is 2.25. The first-order valence-corrected chi connectivity index (χ1v) is 6.85. The fourth-order valence-corrected chi connectivity index (χ4v) is 2.04. The standard InChI is InChI=1S/C11H18N2O3S/c1-13(5-6-17-2)11(16)12-9-4-3-8(7-9)10(14)15/h3-4,8-9H,5-7H2,1-2H3,(H,12,16)(H,14,15). The van der Waals surface area contributed by atoms with E-state index in [1.54, 1.807) is 35.9 Å². The van der Waals surface area contributed by atoms with E-state index < -0.39 is 11.9 Å². The van der Waals surface area contributed by atoms with Gasteiger partial charge in [0.1, 0.15) is 0 Å². The monoisotopic (exact) mass is 258 g/mol. The second kappa shape index (κ2) is 6.54. The van der Waals surface area contributed by atoms with Gasteiger partial charge in [-0.1, -0.05) is 12.2 Å². The summed E-state index contributed by atoms with van der Waals surface area (Å²) >= 11 is 1.68. The van der Waals surface area contributed by atoms with E-state index in [4.69, 9.17) is 5.11 Å². The Hall–Kier alpha value is -1.17. The van der Waals surface area contributed by atoms with Crippen LogP contribution in [0.15, 0.2) is 12.2 Å². The molecule has 0 aromatic heterocycles. The van der Waals surface area contributed by atoms with Crippen LogP contribution in [-0.4, -0.2) is 53.6 Å². The van der Waals surface area contributed by atoms with Crippen molar-refractivity contribution >= 4 is 23.8 Å². The molecule has 0 fully saturated rings. The summed E-state index contributed by atoms with van der Waals surface area (Å²) in [5.41, 5.74) is 0. The van der Waals surface area contributed by atoms with Crippen LogP contribution < -0.4 is 5.32 Å². The molecule has 0 bridgehead atoms. The van der Waals surface area contributed by atoms with Crippen LogP contribution in [0.3, 0.4) is 0 Å². The summed E-state index contributed by atoms with van der Waals surface area (Å²) in [4.78, 5) is 24.0. The Bertz CT molecular complexity index is 320. The van der Waals surface area contributed by atoms with Crippen molar-refractivity contribution in [3.63, 3.8) is 0 Å². The number of carboxylic acids is 1. The Balaban J connectivity index is 2.33. The number of urea groups is 1. The second-order valence-corrected chi connectivity index (χ2v) is 5.02. The lowest BCUT2D eigenvalue weighted by atomic mass is 10.1. The molecule has 0 saturated heterocycles. The quantitative estimate of drug-likeness (QED) is 0.722. The molecule has 0 heterocycles. The van der Waals surface area contributed by atoms with Gasteiger partial charge in [-0.15, -0.1) is 0 Å². The van der Waals surface area contributed by atoms with Crippen LogP contribution in [0.1, 0.15) is 6.42 Å². The number of hydrogen-bond acceptors (Lipinski definition) is 3. The topological polar surface area (TPSA) is 69.6 Å². The van der Waals surface area contributed by atoms with E-state index in [-0.39, 0.29) is 12.1 Å². The largest absolute Gasteiger partial charge is 0.481 e. The molecule has 0 aromatic carbocycles. The normalized spacial score (nSPS) is 22.5. The van der Waals surface area contributed by atoms with Gasteiger partial charge in [-0.2, -0.15) is 11.8 Å². The van der Waals surface area contributed by atoms with Crippen LogP contribution in [0.5, 0.6) is 0 Å². The van der Waals surface area contributed by atoms with E-state index >= 15 is 0 Å². The summed E-state index contributed by atoms with van der Waals surface area (Å²) in [5.74, 6) is -0.423. The van der Waals surface area contributed by atoms with Gasteiger partial charge in [-0.25, -0.2) is 4.79 Å². The fourth-order valence-electron chi connectivity index (χ4n) is 1.59. The predicted octanol–water partition coefficient (Wildman–Crippen LogP) is 1.02. The Labute approximate surface area is 105 Å². The molecule has 2 atom stereocenters. The summed E-state index contributed by atoms with van der Waals surface area (Å²) in [6.45, 7) is 0.686. The van der Waals surface area contributed by atoms with E-state index in [1.165, 1.54) is 0 Å². The molecule has 6 heteroatoms. The van der Waals surface area contributed by atoms with Crippen molar-refractivity contribution in [2.75, 3.05) is 25.6 Å². The molecular weight excluding hydrogens is 240 g/mol. The number of nitrogens with zero attached hydrogens (tertiary/aromatic N) is 1. The maximum Gasteiger partial charge on any atom is 0.317 e. The minimum Gasteiger partial charge on any atom is -0.481 e. The highest BCUT2D eigenvalue weighted by molar-refractivity contribution is 7.98. The number of rotatable bonds is 5. The summed E-state index contributed by atoms with van der Waals surface area (Å²) < 4.78 is 0. The zero-order chi connectivity index (χ0) is 12.8. The van der Waals surface area contributed by atoms with Crippen molar-refractivity contribution in [2.24, 2.45) is 5.92 Å². The van der Waals surface area contributed by atoms with Crippen LogP contribution in [-0.2, 0) is 4.79 Å². The van der Waals surface area contributed by atoms with Crippen LogP contribution in [0.4, 0.5) is 4.79 Å². The lowest BCUT2D eigenvalue weighted by Gasteiger charge is -2.20. The van der Waals surface area contributed by atoms with E-state index in [2.05, 4.69) is 5.32 Å². The molecule has 96 valence electrons. The van der Waals surface area contributed by atoms with Crippen molar-refractivity contribution < 1.29 is 14.7 Å². The van der Waals surface area contributed by atoms with Gasteiger partial charge in [0, 0.05) is 19.3 Å². The number of carbonyl (C=O) groups is 2. The third-order valence-electron chi connectivity index (χ3n) is 2.69. The molecule has 0 spiro atoms. The van der Waals surface area contributed by atoms with Gasteiger partial charge >= 0.3 is 12.0 Å². The predicted molar refractivity (Wildman–Crippen MR) is 68.2 cm³/mol. The van der Waals surface area contributed by atoms with Gasteiger partial charge < -0.3 is 15.3 Å².